The predicted molar refractivity (Wildman–Crippen MR) is 74.6 cm³/mol. The number of amides is 1. The normalized spacial score (nSPS) is 10.3. The minimum absolute atomic E-state index is 0.189. The number of hydrogen-bond acceptors (Lipinski definition) is 5. The van der Waals surface area contributed by atoms with Crippen molar-refractivity contribution in [3.05, 3.63) is 44.3 Å². The molecule has 0 atom stereocenters. The van der Waals surface area contributed by atoms with E-state index in [4.69, 9.17) is 33.8 Å². The number of nitrogens with one attached hydrogen (secondary N) is 1. The number of hydrazine groups is 1. The molecule has 19 heavy (non-hydrogen) atoms. The van der Waals surface area contributed by atoms with E-state index in [0.29, 0.717) is 21.5 Å². The van der Waals surface area contributed by atoms with Crippen molar-refractivity contribution in [1.29, 1.82) is 0 Å². The molecular formula is C11H9Cl2N3O2S. The summed E-state index contributed by atoms with van der Waals surface area (Å²) in [6.07, 6.45) is 0. The number of aromatic nitrogens is 1. The smallest absolute Gasteiger partial charge is 0.294 e. The van der Waals surface area contributed by atoms with Gasteiger partial charge in [0, 0.05) is 16.5 Å². The summed E-state index contributed by atoms with van der Waals surface area (Å²) in [5.74, 6) is 5.05. The Balaban J connectivity index is 2.04. The van der Waals surface area contributed by atoms with Gasteiger partial charge in [0.25, 0.3) is 5.91 Å². The number of nitrogens with two attached hydrogens (primary N) is 1. The molecule has 3 N–H and O–H groups in total. The van der Waals surface area contributed by atoms with Crippen molar-refractivity contribution in [2.75, 3.05) is 0 Å². The van der Waals surface area contributed by atoms with E-state index < -0.39 is 5.91 Å². The zero-order chi connectivity index (χ0) is 13.8. The number of carbonyl (C=O) groups excluding carboxylic acids is 1. The molecule has 2 rings (SSSR count). The van der Waals surface area contributed by atoms with Crippen LogP contribution in [0.1, 0.15) is 15.5 Å². The SMILES string of the molecule is NNC(=O)c1nc(COc2cc(Cl)ccc2Cl)cs1. The summed E-state index contributed by atoms with van der Waals surface area (Å²) < 4.78 is 5.50. The summed E-state index contributed by atoms with van der Waals surface area (Å²) >= 11 is 13.0. The molecule has 100 valence electrons. The second-order valence-corrected chi connectivity index (χ2v) is 5.18. The first-order valence-corrected chi connectivity index (χ1v) is 6.77. The predicted octanol–water partition coefficient (Wildman–Crippen LogP) is 2.63. The molecule has 1 aromatic heterocycles. The monoisotopic (exact) mass is 317 g/mol. The van der Waals surface area contributed by atoms with Crippen molar-refractivity contribution in [3.8, 4) is 5.75 Å². The van der Waals surface area contributed by atoms with E-state index in [2.05, 4.69) is 4.98 Å². The molecule has 0 aliphatic carbocycles. The van der Waals surface area contributed by atoms with E-state index in [1.807, 2.05) is 5.43 Å². The van der Waals surface area contributed by atoms with E-state index in [-0.39, 0.29) is 11.6 Å². The lowest BCUT2D eigenvalue weighted by atomic mass is 10.3. The summed E-state index contributed by atoms with van der Waals surface area (Å²) in [4.78, 5) is 15.3. The van der Waals surface area contributed by atoms with Crippen LogP contribution in [0, 0.1) is 0 Å². The molecule has 0 saturated heterocycles. The van der Waals surface area contributed by atoms with Crippen molar-refractivity contribution in [3.63, 3.8) is 0 Å². The lowest BCUT2D eigenvalue weighted by Gasteiger charge is -2.06. The van der Waals surface area contributed by atoms with E-state index >= 15 is 0 Å². The maximum absolute atomic E-state index is 11.2. The number of rotatable bonds is 4. The molecule has 0 saturated carbocycles. The largest absolute Gasteiger partial charge is 0.486 e. The Hall–Kier alpha value is -1.34. The minimum atomic E-state index is -0.433. The number of thiazole rings is 1. The Kier molecular flexibility index (Phi) is 4.60. The van der Waals surface area contributed by atoms with Gasteiger partial charge >= 0.3 is 0 Å². The molecule has 2 aromatic rings. The van der Waals surface area contributed by atoms with Crippen LogP contribution in [0.15, 0.2) is 23.6 Å². The summed E-state index contributed by atoms with van der Waals surface area (Å²) in [5.41, 5.74) is 2.63. The fourth-order valence-corrected chi connectivity index (χ4v) is 2.32. The van der Waals surface area contributed by atoms with Gasteiger partial charge in [0.15, 0.2) is 5.01 Å². The van der Waals surface area contributed by atoms with Crippen LogP contribution in [0.4, 0.5) is 0 Å². The number of benzene rings is 1. The average Bonchev–Trinajstić information content (AvgIpc) is 2.88. The van der Waals surface area contributed by atoms with Gasteiger partial charge in [-0.15, -0.1) is 11.3 Å². The molecule has 1 aromatic carbocycles. The van der Waals surface area contributed by atoms with E-state index in [1.165, 1.54) is 11.3 Å². The highest BCUT2D eigenvalue weighted by Crippen LogP contribution is 2.28. The summed E-state index contributed by atoms with van der Waals surface area (Å²) in [6.45, 7) is 0.189. The van der Waals surface area contributed by atoms with Crippen LogP contribution in [-0.4, -0.2) is 10.9 Å². The minimum Gasteiger partial charge on any atom is -0.486 e. The Morgan fingerprint density at radius 1 is 1.47 bits per heavy atom. The number of hydrogen-bond donors (Lipinski definition) is 2. The Bertz CT molecular complexity index is 603. The first-order valence-electron chi connectivity index (χ1n) is 5.13. The van der Waals surface area contributed by atoms with Crippen LogP contribution in [0.3, 0.4) is 0 Å². The zero-order valence-corrected chi connectivity index (χ0v) is 11.9. The van der Waals surface area contributed by atoms with Gasteiger partial charge in [-0.3, -0.25) is 10.2 Å². The van der Waals surface area contributed by atoms with Gasteiger partial charge in [0.05, 0.1) is 10.7 Å². The Morgan fingerprint density at radius 2 is 2.26 bits per heavy atom. The molecule has 1 amide bonds. The summed E-state index contributed by atoms with van der Waals surface area (Å²) in [6, 6.07) is 4.93. The second-order valence-electron chi connectivity index (χ2n) is 3.48. The Labute approximate surface area is 123 Å². The van der Waals surface area contributed by atoms with Gasteiger partial charge in [-0.25, -0.2) is 10.8 Å². The molecule has 5 nitrogen and oxygen atoms in total. The first kappa shape index (κ1) is 14.1. The van der Waals surface area contributed by atoms with Gasteiger partial charge in [0.2, 0.25) is 0 Å². The highest BCUT2D eigenvalue weighted by molar-refractivity contribution is 7.11. The van der Waals surface area contributed by atoms with Crippen molar-refractivity contribution in [2.45, 2.75) is 6.61 Å². The maximum atomic E-state index is 11.2. The molecule has 0 fully saturated rings. The van der Waals surface area contributed by atoms with Crippen LogP contribution < -0.4 is 16.0 Å². The van der Waals surface area contributed by atoms with E-state index in [0.717, 1.165) is 0 Å². The molecule has 1 heterocycles. The summed E-state index contributed by atoms with van der Waals surface area (Å²) in [5, 5.41) is 2.97. The molecule has 8 heteroatoms. The molecule has 0 bridgehead atoms. The lowest BCUT2D eigenvalue weighted by Crippen LogP contribution is -2.29. The van der Waals surface area contributed by atoms with Crippen molar-refractivity contribution >= 4 is 40.4 Å². The Morgan fingerprint density at radius 3 is 3.00 bits per heavy atom. The third-order valence-corrected chi connectivity index (χ3v) is 3.58. The van der Waals surface area contributed by atoms with Crippen LogP contribution in [0.25, 0.3) is 0 Å². The molecule has 0 unspecified atom stereocenters. The van der Waals surface area contributed by atoms with Crippen LogP contribution in [0.2, 0.25) is 10.0 Å². The second kappa shape index (κ2) is 6.21. The van der Waals surface area contributed by atoms with Gasteiger partial charge in [-0.2, -0.15) is 0 Å². The highest BCUT2D eigenvalue weighted by atomic mass is 35.5. The van der Waals surface area contributed by atoms with Gasteiger partial charge < -0.3 is 4.74 Å². The highest BCUT2D eigenvalue weighted by Gasteiger charge is 2.10. The third kappa shape index (κ3) is 3.57. The molecule has 0 aliphatic rings. The summed E-state index contributed by atoms with van der Waals surface area (Å²) in [7, 11) is 0. The van der Waals surface area contributed by atoms with Crippen molar-refractivity contribution < 1.29 is 9.53 Å². The first-order chi connectivity index (χ1) is 9.10. The fourth-order valence-electron chi connectivity index (χ4n) is 1.28. The zero-order valence-electron chi connectivity index (χ0n) is 9.52. The molecular weight excluding hydrogens is 309 g/mol. The van der Waals surface area contributed by atoms with Crippen LogP contribution >= 0.6 is 34.5 Å². The number of ether oxygens (including phenoxy) is 1. The maximum Gasteiger partial charge on any atom is 0.294 e. The number of carbonyl (C=O) groups is 1. The number of nitrogen functional groups attached to an aromatic ring is 1. The molecule has 0 radical (unpaired) electrons. The molecule has 0 aliphatic heterocycles. The van der Waals surface area contributed by atoms with Crippen molar-refractivity contribution in [2.24, 2.45) is 5.84 Å². The van der Waals surface area contributed by atoms with Crippen LogP contribution in [0.5, 0.6) is 5.75 Å². The average molecular weight is 318 g/mol. The quantitative estimate of drug-likeness (QED) is 0.516. The van der Waals surface area contributed by atoms with Gasteiger partial charge in [-0.1, -0.05) is 23.2 Å². The number of halogens is 2. The van der Waals surface area contributed by atoms with E-state index in [9.17, 15) is 4.79 Å². The standard InChI is InChI=1S/C11H9Cl2N3O2S/c12-6-1-2-8(13)9(3-6)18-4-7-5-19-11(15-7)10(17)16-14/h1-3,5H,4,14H2,(H,16,17). The van der Waals surface area contributed by atoms with Gasteiger partial charge in [0.1, 0.15) is 12.4 Å². The lowest BCUT2D eigenvalue weighted by molar-refractivity contribution is 0.0953. The van der Waals surface area contributed by atoms with Crippen LogP contribution in [-0.2, 0) is 6.61 Å². The topological polar surface area (TPSA) is 77.2 Å². The fraction of sp³-hybridized carbons (Fsp3) is 0.0909. The van der Waals surface area contributed by atoms with E-state index in [1.54, 1.807) is 23.6 Å². The van der Waals surface area contributed by atoms with Crippen molar-refractivity contribution in [1.82, 2.24) is 10.4 Å². The number of nitrogens with zero attached hydrogens (tertiary/aromatic N) is 1. The van der Waals surface area contributed by atoms with Gasteiger partial charge in [-0.05, 0) is 12.1 Å². The third-order valence-electron chi connectivity index (χ3n) is 2.15. The molecule has 0 spiro atoms.